The summed E-state index contributed by atoms with van der Waals surface area (Å²) in [6.45, 7) is 1.68. The molecule has 0 atom stereocenters. The summed E-state index contributed by atoms with van der Waals surface area (Å²) >= 11 is 0. The highest BCUT2D eigenvalue weighted by atomic mass is 16.3. The Morgan fingerprint density at radius 2 is 2.13 bits per heavy atom. The molecule has 1 aliphatic heterocycles. The van der Waals surface area contributed by atoms with Crippen molar-refractivity contribution in [3.63, 3.8) is 0 Å². The van der Waals surface area contributed by atoms with E-state index in [1.807, 2.05) is 0 Å². The van der Waals surface area contributed by atoms with Crippen molar-refractivity contribution in [1.29, 1.82) is 0 Å². The molecule has 1 aliphatic rings. The van der Waals surface area contributed by atoms with Crippen LogP contribution in [0.4, 0.5) is 4.79 Å². The van der Waals surface area contributed by atoms with Gasteiger partial charge in [-0.15, -0.1) is 0 Å². The van der Waals surface area contributed by atoms with Gasteiger partial charge in [-0.2, -0.15) is 0 Å². The summed E-state index contributed by atoms with van der Waals surface area (Å²) in [7, 11) is 0. The van der Waals surface area contributed by atoms with Gasteiger partial charge in [-0.25, -0.2) is 9.80 Å². The summed E-state index contributed by atoms with van der Waals surface area (Å²) in [5, 5.41) is 28.8. The van der Waals surface area contributed by atoms with Crippen molar-refractivity contribution in [2.24, 2.45) is 5.73 Å². The van der Waals surface area contributed by atoms with Crippen LogP contribution in [0, 0.1) is 0 Å². The molecular formula is C7H18N4O4. The van der Waals surface area contributed by atoms with E-state index in [0.717, 1.165) is 13.1 Å². The number of nitrogens with zero attached hydrogens (tertiary/aromatic N) is 1. The van der Waals surface area contributed by atoms with Crippen molar-refractivity contribution in [1.82, 2.24) is 15.8 Å². The minimum atomic E-state index is -0.954. The SMILES string of the molecule is NC(=O)NN1CCNC1.OCC(O)CO. The Morgan fingerprint density at radius 3 is 2.40 bits per heavy atom. The molecule has 0 spiro atoms. The lowest BCUT2D eigenvalue weighted by Gasteiger charge is -2.12. The van der Waals surface area contributed by atoms with Crippen LogP contribution < -0.4 is 16.5 Å². The third-order valence-corrected chi connectivity index (χ3v) is 1.55. The number of carbonyl (C=O) groups excluding carboxylic acids is 1. The van der Waals surface area contributed by atoms with Crippen LogP contribution in [0.2, 0.25) is 0 Å². The van der Waals surface area contributed by atoms with Gasteiger partial charge in [-0.1, -0.05) is 0 Å². The zero-order chi connectivity index (χ0) is 11.7. The number of hydrazine groups is 1. The highest BCUT2D eigenvalue weighted by molar-refractivity contribution is 5.70. The van der Waals surface area contributed by atoms with Crippen molar-refractivity contribution in [2.75, 3.05) is 33.0 Å². The van der Waals surface area contributed by atoms with Gasteiger partial charge < -0.3 is 26.4 Å². The predicted molar refractivity (Wildman–Crippen MR) is 52.5 cm³/mol. The largest absolute Gasteiger partial charge is 0.394 e. The van der Waals surface area contributed by atoms with E-state index < -0.39 is 12.1 Å². The molecule has 90 valence electrons. The number of primary amides is 1. The Hall–Kier alpha value is -0.930. The van der Waals surface area contributed by atoms with E-state index in [0.29, 0.717) is 6.67 Å². The first kappa shape index (κ1) is 14.1. The van der Waals surface area contributed by atoms with Crippen LogP contribution >= 0.6 is 0 Å². The minimum Gasteiger partial charge on any atom is -0.394 e. The topological polar surface area (TPSA) is 131 Å². The van der Waals surface area contributed by atoms with E-state index >= 15 is 0 Å². The fourth-order valence-electron chi connectivity index (χ4n) is 0.816. The second kappa shape index (κ2) is 8.38. The highest BCUT2D eigenvalue weighted by Crippen LogP contribution is 1.84. The molecule has 0 aromatic carbocycles. The Bertz CT molecular complexity index is 170. The van der Waals surface area contributed by atoms with Crippen molar-refractivity contribution in [3.05, 3.63) is 0 Å². The second-order valence-electron chi connectivity index (χ2n) is 2.92. The Morgan fingerprint density at radius 1 is 1.53 bits per heavy atom. The molecule has 8 heteroatoms. The molecule has 7 N–H and O–H groups in total. The number of nitrogens with one attached hydrogen (secondary N) is 2. The number of aliphatic hydroxyl groups excluding tert-OH is 3. The number of hydrogen-bond acceptors (Lipinski definition) is 6. The fourth-order valence-corrected chi connectivity index (χ4v) is 0.816. The van der Waals surface area contributed by atoms with E-state index in [1.165, 1.54) is 0 Å². The first-order valence-corrected chi connectivity index (χ1v) is 4.51. The lowest BCUT2D eigenvalue weighted by molar-refractivity contribution is 0.0450. The van der Waals surface area contributed by atoms with Gasteiger partial charge >= 0.3 is 6.03 Å². The average molecular weight is 222 g/mol. The average Bonchev–Trinajstić information content (AvgIpc) is 2.69. The van der Waals surface area contributed by atoms with Crippen LogP contribution in [0.15, 0.2) is 0 Å². The third kappa shape index (κ3) is 8.09. The number of rotatable bonds is 3. The first-order valence-electron chi connectivity index (χ1n) is 4.51. The number of aliphatic hydroxyl groups is 3. The van der Waals surface area contributed by atoms with Crippen LogP contribution in [0.5, 0.6) is 0 Å². The molecule has 1 rings (SSSR count). The molecule has 0 aliphatic carbocycles. The van der Waals surface area contributed by atoms with Crippen LogP contribution in [-0.4, -0.2) is 65.4 Å². The minimum absolute atomic E-state index is 0.365. The lowest BCUT2D eigenvalue weighted by atomic mass is 10.4. The number of urea groups is 1. The molecule has 2 amide bonds. The maximum Gasteiger partial charge on any atom is 0.326 e. The molecule has 1 fully saturated rings. The van der Waals surface area contributed by atoms with Crippen molar-refractivity contribution in [2.45, 2.75) is 6.10 Å². The molecule has 0 radical (unpaired) electrons. The van der Waals surface area contributed by atoms with Gasteiger partial charge in [0.25, 0.3) is 0 Å². The Kier molecular flexibility index (Phi) is 7.86. The van der Waals surface area contributed by atoms with Crippen molar-refractivity contribution in [3.8, 4) is 0 Å². The smallest absolute Gasteiger partial charge is 0.326 e. The molecule has 0 bridgehead atoms. The molecule has 0 saturated carbocycles. The van der Waals surface area contributed by atoms with Gasteiger partial charge in [0.1, 0.15) is 6.10 Å². The van der Waals surface area contributed by atoms with Gasteiger partial charge in [0, 0.05) is 13.1 Å². The molecular weight excluding hydrogens is 204 g/mol. The molecule has 1 heterocycles. The molecule has 1 saturated heterocycles. The van der Waals surface area contributed by atoms with E-state index in [-0.39, 0.29) is 13.2 Å². The number of amides is 2. The molecule has 15 heavy (non-hydrogen) atoms. The van der Waals surface area contributed by atoms with Crippen LogP contribution in [0.1, 0.15) is 0 Å². The van der Waals surface area contributed by atoms with Gasteiger partial charge in [-0.05, 0) is 0 Å². The number of carbonyl (C=O) groups is 1. The summed E-state index contributed by atoms with van der Waals surface area (Å²) in [5.74, 6) is 0. The predicted octanol–water partition coefficient (Wildman–Crippen LogP) is -3.24. The van der Waals surface area contributed by atoms with E-state index in [9.17, 15) is 4.79 Å². The molecule has 0 aromatic heterocycles. The highest BCUT2D eigenvalue weighted by Gasteiger charge is 2.10. The third-order valence-electron chi connectivity index (χ3n) is 1.55. The lowest BCUT2D eigenvalue weighted by Crippen LogP contribution is -2.44. The van der Waals surface area contributed by atoms with Gasteiger partial charge in [0.05, 0.1) is 19.9 Å². The maximum absolute atomic E-state index is 10.2. The quantitative estimate of drug-likeness (QED) is 0.297. The van der Waals surface area contributed by atoms with E-state index in [4.69, 9.17) is 21.1 Å². The summed E-state index contributed by atoms with van der Waals surface area (Å²) in [5.41, 5.74) is 7.30. The monoisotopic (exact) mass is 222 g/mol. The molecule has 0 aromatic rings. The summed E-state index contributed by atoms with van der Waals surface area (Å²) < 4.78 is 0. The normalized spacial score (nSPS) is 16.0. The van der Waals surface area contributed by atoms with Crippen LogP contribution in [-0.2, 0) is 0 Å². The van der Waals surface area contributed by atoms with Crippen molar-refractivity contribution >= 4 is 6.03 Å². The Balaban J connectivity index is 0.000000288. The van der Waals surface area contributed by atoms with Crippen molar-refractivity contribution < 1.29 is 20.1 Å². The van der Waals surface area contributed by atoms with E-state index in [2.05, 4.69) is 10.7 Å². The van der Waals surface area contributed by atoms with E-state index in [1.54, 1.807) is 5.01 Å². The summed E-state index contributed by atoms with van der Waals surface area (Å²) in [4.78, 5) is 10.2. The number of nitrogens with two attached hydrogens (primary N) is 1. The summed E-state index contributed by atoms with van der Waals surface area (Å²) in [6.07, 6.45) is -0.954. The first-order chi connectivity index (χ1) is 7.10. The van der Waals surface area contributed by atoms with Gasteiger partial charge in [0.2, 0.25) is 0 Å². The Labute approximate surface area is 87.6 Å². The maximum atomic E-state index is 10.2. The molecule has 0 unspecified atom stereocenters. The number of hydrogen-bond donors (Lipinski definition) is 6. The fraction of sp³-hybridized carbons (Fsp3) is 0.857. The van der Waals surface area contributed by atoms with Gasteiger partial charge in [-0.3, -0.25) is 5.43 Å². The van der Waals surface area contributed by atoms with Gasteiger partial charge in [0.15, 0.2) is 0 Å². The van der Waals surface area contributed by atoms with Crippen LogP contribution in [0.25, 0.3) is 0 Å². The zero-order valence-corrected chi connectivity index (χ0v) is 8.39. The standard InChI is InChI=1S/C4H10N4O.C3H8O3/c5-4(9)7-8-2-1-6-3-8;4-1-3(6)2-5/h6H,1-3H2,(H3,5,7,9);3-6H,1-2H2. The molecule has 8 nitrogen and oxygen atoms in total. The van der Waals surface area contributed by atoms with Crippen LogP contribution in [0.3, 0.4) is 0 Å². The summed E-state index contributed by atoms with van der Waals surface area (Å²) in [6, 6.07) is -0.501. The second-order valence-corrected chi connectivity index (χ2v) is 2.92. The zero-order valence-electron chi connectivity index (χ0n) is 8.39.